The van der Waals surface area contributed by atoms with Crippen molar-refractivity contribution >= 4 is 5.69 Å². The number of benzene rings is 1. The average molecular weight is 247 g/mol. The first-order valence-corrected chi connectivity index (χ1v) is 6.97. The highest BCUT2D eigenvalue weighted by atomic mass is 15.2. The second-order valence-electron chi connectivity index (χ2n) is 5.09. The van der Waals surface area contributed by atoms with E-state index in [1.165, 1.54) is 16.8 Å². The van der Waals surface area contributed by atoms with Gasteiger partial charge in [0.25, 0.3) is 0 Å². The Bertz CT molecular complexity index is 387. The molecule has 0 spiro atoms. The summed E-state index contributed by atoms with van der Waals surface area (Å²) in [5, 5.41) is 6.84. The monoisotopic (exact) mass is 247 g/mol. The smallest absolute Gasteiger partial charge is 0.0429 e. The first kappa shape index (κ1) is 13.4. The molecule has 1 aliphatic rings. The second-order valence-corrected chi connectivity index (χ2v) is 5.09. The van der Waals surface area contributed by atoms with E-state index in [-0.39, 0.29) is 0 Å². The van der Waals surface area contributed by atoms with Crippen LogP contribution < -0.4 is 15.5 Å². The average Bonchev–Trinajstić information content (AvgIpc) is 2.39. The van der Waals surface area contributed by atoms with Gasteiger partial charge in [0.2, 0.25) is 0 Å². The van der Waals surface area contributed by atoms with Crippen molar-refractivity contribution in [1.82, 2.24) is 10.6 Å². The largest absolute Gasteiger partial charge is 0.368 e. The highest BCUT2D eigenvalue weighted by Crippen LogP contribution is 2.26. The lowest BCUT2D eigenvalue weighted by molar-refractivity contribution is 0.442. The summed E-state index contributed by atoms with van der Waals surface area (Å²) < 4.78 is 0. The Kier molecular flexibility index (Phi) is 4.61. The highest BCUT2D eigenvalue weighted by Gasteiger charge is 2.21. The number of aryl methyl sites for hydroxylation is 2. The fourth-order valence-corrected chi connectivity index (χ4v) is 2.87. The van der Waals surface area contributed by atoms with Crippen molar-refractivity contribution in [2.45, 2.75) is 26.3 Å². The molecule has 1 unspecified atom stereocenters. The minimum Gasteiger partial charge on any atom is -0.368 e. The third kappa shape index (κ3) is 2.85. The van der Waals surface area contributed by atoms with Crippen LogP contribution in [0.2, 0.25) is 0 Å². The molecular weight excluding hydrogens is 222 g/mol. The van der Waals surface area contributed by atoms with Crippen LogP contribution in [-0.2, 0) is 6.42 Å². The maximum atomic E-state index is 3.57. The van der Waals surface area contributed by atoms with E-state index in [2.05, 4.69) is 47.6 Å². The molecule has 1 heterocycles. The van der Waals surface area contributed by atoms with Crippen LogP contribution in [0.15, 0.2) is 18.2 Å². The summed E-state index contributed by atoms with van der Waals surface area (Å²) in [6.07, 6.45) is 1.11. The van der Waals surface area contributed by atoms with Gasteiger partial charge in [-0.3, -0.25) is 0 Å². The van der Waals surface area contributed by atoms with Crippen molar-refractivity contribution in [3.63, 3.8) is 0 Å². The van der Waals surface area contributed by atoms with E-state index < -0.39 is 0 Å². The topological polar surface area (TPSA) is 27.3 Å². The maximum Gasteiger partial charge on any atom is 0.0429 e. The van der Waals surface area contributed by atoms with Crippen LogP contribution in [0.1, 0.15) is 18.1 Å². The van der Waals surface area contributed by atoms with Crippen LogP contribution in [0, 0.1) is 6.92 Å². The summed E-state index contributed by atoms with van der Waals surface area (Å²) in [5.74, 6) is 0. The molecule has 0 radical (unpaired) electrons. The van der Waals surface area contributed by atoms with E-state index in [1.807, 2.05) is 7.05 Å². The number of nitrogens with one attached hydrogen (secondary N) is 2. The van der Waals surface area contributed by atoms with Gasteiger partial charge >= 0.3 is 0 Å². The molecule has 1 aromatic carbocycles. The second kappa shape index (κ2) is 6.21. The SMILES string of the molecule is CCc1cccc(C)c1N1CCNC(CNC)C1. The number of nitrogens with zero attached hydrogens (tertiary/aromatic N) is 1. The Morgan fingerprint density at radius 3 is 3.00 bits per heavy atom. The van der Waals surface area contributed by atoms with Crippen molar-refractivity contribution in [1.29, 1.82) is 0 Å². The minimum atomic E-state index is 0.549. The van der Waals surface area contributed by atoms with Gasteiger partial charge in [-0.15, -0.1) is 0 Å². The number of anilines is 1. The Morgan fingerprint density at radius 1 is 1.44 bits per heavy atom. The van der Waals surface area contributed by atoms with Crippen LogP contribution in [0.5, 0.6) is 0 Å². The summed E-state index contributed by atoms with van der Waals surface area (Å²) >= 11 is 0. The van der Waals surface area contributed by atoms with Crippen LogP contribution in [0.4, 0.5) is 5.69 Å². The van der Waals surface area contributed by atoms with E-state index in [0.717, 1.165) is 32.6 Å². The van der Waals surface area contributed by atoms with E-state index >= 15 is 0 Å². The maximum absolute atomic E-state index is 3.57. The van der Waals surface area contributed by atoms with Crippen LogP contribution in [0.3, 0.4) is 0 Å². The molecule has 1 atom stereocenters. The molecule has 1 fully saturated rings. The molecule has 0 aromatic heterocycles. The van der Waals surface area contributed by atoms with Crippen molar-refractivity contribution in [2.24, 2.45) is 0 Å². The standard InChI is InChI=1S/C15H25N3/c1-4-13-7-5-6-12(2)15(13)18-9-8-17-14(11-18)10-16-3/h5-7,14,16-17H,4,8-11H2,1-3H3. The van der Waals surface area contributed by atoms with Crippen molar-refractivity contribution < 1.29 is 0 Å². The molecule has 2 N–H and O–H groups in total. The quantitative estimate of drug-likeness (QED) is 0.845. The fraction of sp³-hybridized carbons (Fsp3) is 0.600. The van der Waals surface area contributed by atoms with Gasteiger partial charge in [-0.2, -0.15) is 0 Å². The molecule has 18 heavy (non-hydrogen) atoms. The summed E-state index contributed by atoms with van der Waals surface area (Å²) in [5.41, 5.74) is 4.34. The zero-order chi connectivity index (χ0) is 13.0. The Balaban J connectivity index is 2.20. The summed E-state index contributed by atoms with van der Waals surface area (Å²) in [4.78, 5) is 2.55. The Morgan fingerprint density at radius 2 is 2.28 bits per heavy atom. The van der Waals surface area contributed by atoms with Gasteiger partial charge in [-0.1, -0.05) is 25.1 Å². The van der Waals surface area contributed by atoms with Gasteiger partial charge in [0.05, 0.1) is 0 Å². The number of hydrogen-bond donors (Lipinski definition) is 2. The molecule has 0 amide bonds. The lowest BCUT2D eigenvalue weighted by atomic mass is 10.0. The molecule has 2 rings (SSSR count). The fourth-order valence-electron chi connectivity index (χ4n) is 2.87. The highest BCUT2D eigenvalue weighted by molar-refractivity contribution is 5.59. The van der Waals surface area contributed by atoms with Crippen molar-refractivity contribution in [2.75, 3.05) is 38.1 Å². The van der Waals surface area contributed by atoms with Gasteiger partial charge in [-0.05, 0) is 31.5 Å². The van der Waals surface area contributed by atoms with Gasteiger partial charge < -0.3 is 15.5 Å². The first-order chi connectivity index (χ1) is 8.76. The molecule has 1 aliphatic heterocycles. The molecule has 1 aromatic rings. The molecule has 100 valence electrons. The minimum absolute atomic E-state index is 0.549. The summed E-state index contributed by atoms with van der Waals surface area (Å²) in [6, 6.07) is 7.21. The van der Waals surface area contributed by atoms with Crippen LogP contribution in [-0.4, -0.2) is 39.3 Å². The molecule has 0 saturated carbocycles. The lowest BCUT2D eigenvalue weighted by Crippen LogP contribution is -2.54. The molecule has 0 bridgehead atoms. The van der Waals surface area contributed by atoms with E-state index in [4.69, 9.17) is 0 Å². The van der Waals surface area contributed by atoms with Crippen LogP contribution >= 0.6 is 0 Å². The van der Waals surface area contributed by atoms with Crippen molar-refractivity contribution in [3.05, 3.63) is 29.3 Å². The molecular formula is C15H25N3. The van der Waals surface area contributed by atoms with Gasteiger partial charge in [0.15, 0.2) is 0 Å². The molecule has 3 heteroatoms. The third-order valence-corrected chi connectivity index (χ3v) is 3.72. The lowest BCUT2D eigenvalue weighted by Gasteiger charge is -2.37. The Hall–Kier alpha value is -1.06. The Labute approximate surface area is 111 Å². The van der Waals surface area contributed by atoms with E-state index in [9.17, 15) is 0 Å². The van der Waals surface area contributed by atoms with Gasteiger partial charge in [-0.25, -0.2) is 0 Å². The number of hydrogen-bond acceptors (Lipinski definition) is 3. The van der Waals surface area contributed by atoms with Crippen LogP contribution in [0.25, 0.3) is 0 Å². The zero-order valence-corrected chi connectivity index (χ0v) is 11.8. The van der Waals surface area contributed by atoms with E-state index in [1.54, 1.807) is 0 Å². The van der Waals surface area contributed by atoms with Crippen molar-refractivity contribution in [3.8, 4) is 0 Å². The molecule has 3 nitrogen and oxygen atoms in total. The van der Waals surface area contributed by atoms with E-state index in [0.29, 0.717) is 6.04 Å². The number of likely N-dealkylation sites (N-methyl/N-ethyl adjacent to an activating group) is 1. The number of para-hydroxylation sites is 1. The number of piperazine rings is 1. The normalized spacial score (nSPS) is 20.2. The third-order valence-electron chi connectivity index (χ3n) is 3.72. The van der Waals surface area contributed by atoms with Gasteiger partial charge in [0, 0.05) is 37.9 Å². The summed E-state index contributed by atoms with van der Waals surface area (Å²) in [7, 11) is 2.02. The first-order valence-electron chi connectivity index (χ1n) is 6.97. The molecule has 1 saturated heterocycles. The summed E-state index contributed by atoms with van der Waals surface area (Å²) in [6.45, 7) is 8.78. The van der Waals surface area contributed by atoms with Gasteiger partial charge in [0.1, 0.15) is 0 Å². The number of rotatable bonds is 4. The zero-order valence-electron chi connectivity index (χ0n) is 11.8. The predicted octanol–water partition coefficient (Wildman–Crippen LogP) is 1.56. The predicted molar refractivity (Wildman–Crippen MR) is 78.5 cm³/mol. The molecule has 0 aliphatic carbocycles.